The van der Waals surface area contributed by atoms with Crippen molar-refractivity contribution in [2.45, 2.75) is 77.0 Å². The maximum absolute atomic E-state index is 12.6. The van der Waals surface area contributed by atoms with Crippen LogP contribution in [0, 0.1) is 12.8 Å². The Kier molecular flexibility index (Phi) is 6.83. The monoisotopic (exact) mass is 373 g/mol. The number of nitrogens with one attached hydrogen (secondary N) is 2. The summed E-state index contributed by atoms with van der Waals surface area (Å²) in [5, 5.41) is 6.27. The van der Waals surface area contributed by atoms with Crippen molar-refractivity contribution in [2.75, 3.05) is 6.61 Å². The van der Waals surface area contributed by atoms with Crippen molar-refractivity contribution in [1.29, 1.82) is 0 Å². The van der Waals surface area contributed by atoms with Crippen LogP contribution in [0.4, 0.5) is 0 Å². The molecule has 3 atom stereocenters. The van der Waals surface area contributed by atoms with E-state index in [2.05, 4.69) is 22.5 Å². The van der Waals surface area contributed by atoms with Crippen LogP contribution in [0.5, 0.6) is 0 Å². The number of carbonyl (C=O) groups excluding carboxylic acids is 2. The van der Waals surface area contributed by atoms with Gasteiger partial charge in [0.2, 0.25) is 5.91 Å². The highest BCUT2D eigenvalue weighted by Gasteiger charge is 2.36. The van der Waals surface area contributed by atoms with Crippen molar-refractivity contribution in [3.63, 3.8) is 0 Å². The predicted octanol–water partition coefficient (Wildman–Crippen LogP) is 2.75. The van der Waals surface area contributed by atoms with Crippen LogP contribution in [0.25, 0.3) is 0 Å². The fraction of sp³-hybridized carbons (Fsp3) is 0.667. The molecule has 1 aromatic rings. The van der Waals surface area contributed by atoms with Crippen LogP contribution in [-0.2, 0) is 9.53 Å². The van der Waals surface area contributed by atoms with E-state index in [-0.39, 0.29) is 29.9 Å². The topological polar surface area (TPSA) is 80.3 Å². The molecule has 148 valence electrons. The van der Waals surface area contributed by atoms with Gasteiger partial charge < -0.3 is 15.4 Å². The summed E-state index contributed by atoms with van der Waals surface area (Å²) >= 11 is 0. The van der Waals surface area contributed by atoms with E-state index in [9.17, 15) is 9.59 Å². The summed E-state index contributed by atoms with van der Waals surface area (Å²) in [5.41, 5.74) is 1.52. The number of ether oxygens (including phenoxy) is 1. The van der Waals surface area contributed by atoms with Gasteiger partial charge in [-0.1, -0.05) is 6.92 Å². The summed E-state index contributed by atoms with van der Waals surface area (Å²) in [6.07, 6.45) is 9.70. The lowest BCUT2D eigenvalue weighted by molar-refractivity contribution is -0.129. The molecule has 2 saturated carbocycles. The fourth-order valence-electron chi connectivity index (χ4n) is 3.79. The van der Waals surface area contributed by atoms with Gasteiger partial charge in [0.05, 0.1) is 17.7 Å². The fourth-order valence-corrected chi connectivity index (χ4v) is 3.79. The van der Waals surface area contributed by atoms with Gasteiger partial charge in [0.1, 0.15) is 0 Å². The highest BCUT2D eigenvalue weighted by Crippen LogP contribution is 2.29. The third kappa shape index (κ3) is 5.28. The number of carbonyl (C=O) groups is 2. The molecule has 0 radical (unpaired) electrons. The molecule has 6 nitrogen and oxygen atoms in total. The molecule has 1 aromatic heterocycles. The molecule has 3 rings (SSSR count). The molecule has 27 heavy (non-hydrogen) atoms. The first-order valence-electron chi connectivity index (χ1n) is 10.2. The lowest BCUT2D eigenvalue weighted by Gasteiger charge is -2.37. The highest BCUT2D eigenvalue weighted by atomic mass is 16.5. The van der Waals surface area contributed by atoms with E-state index < -0.39 is 0 Å². The summed E-state index contributed by atoms with van der Waals surface area (Å²) in [6.45, 7) is 4.62. The van der Waals surface area contributed by atoms with E-state index in [1.165, 1.54) is 6.42 Å². The molecule has 0 spiro atoms. The number of nitrogens with zero attached hydrogens (tertiary/aromatic N) is 1. The minimum atomic E-state index is -0.127. The molecule has 0 aromatic carbocycles. The van der Waals surface area contributed by atoms with Gasteiger partial charge in [0, 0.05) is 31.0 Å². The standard InChI is InChI=1S/C21H31N3O3/c1-3-9-27-19-11-15(20(25)23-17-5-4-6-17)7-8-18(19)24-21(26)16-10-14(2)12-22-13-16/h10,12-13,15,17-19H,3-9,11H2,1-2H3,(H,23,25)(H,24,26)/t15-,18+,19+/m0/s1. The van der Waals surface area contributed by atoms with Crippen LogP contribution in [0.3, 0.4) is 0 Å². The Labute approximate surface area is 161 Å². The maximum Gasteiger partial charge on any atom is 0.253 e. The summed E-state index contributed by atoms with van der Waals surface area (Å²) in [5.74, 6) is -0.00243. The normalized spacial score (nSPS) is 25.5. The Balaban J connectivity index is 1.60. The molecule has 0 aliphatic heterocycles. The van der Waals surface area contributed by atoms with Crippen molar-refractivity contribution < 1.29 is 14.3 Å². The molecule has 6 heteroatoms. The van der Waals surface area contributed by atoms with Gasteiger partial charge in [-0.2, -0.15) is 0 Å². The average molecular weight is 373 g/mol. The quantitative estimate of drug-likeness (QED) is 0.770. The highest BCUT2D eigenvalue weighted by molar-refractivity contribution is 5.94. The van der Waals surface area contributed by atoms with E-state index in [0.717, 1.165) is 37.7 Å². The van der Waals surface area contributed by atoms with Crippen molar-refractivity contribution >= 4 is 11.8 Å². The zero-order chi connectivity index (χ0) is 19.2. The Morgan fingerprint density at radius 2 is 2.00 bits per heavy atom. The zero-order valence-electron chi connectivity index (χ0n) is 16.4. The summed E-state index contributed by atoms with van der Waals surface area (Å²) in [6, 6.07) is 2.12. The molecule has 2 fully saturated rings. The minimum absolute atomic E-state index is 0.0266. The number of hydrogen-bond acceptors (Lipinski definition) is 4. The minimum Gasteiger partial charge on any atom is -0.376 e. The second-order valence-corrected chi connectivity index (χ2v) is 7.89. The molecule has 2 N–H and O–H groups in total. The third-order valence-electron chi connectivity index (χ3n) is 5.60. The zero-order valence-corrected chi connectivity index (χ0v) is 16.4. The molecule has 0 saturated heterocycles. The van der Waals surface area contributed by atoms with E-state index in [1.807, 2.05) is 13.0 Å². The van der Waals surface area contributed by atoms with Gasteiger partial charge in [-0.05, 0) is 63.5 Å². The van der Waals surface area contributed by atoms with Gasteiger partial charge in [-0.25, -0.2) is 0 Å². The van der Waals surface area contributed by atoms with Gasteiger partial charge >= 0.3 is 0 Å². The van der Waals surface area contributed by atoms with Crippen LogP contribution >= 0.6 is 0 Å². The number of aromatic nitrogens is 1. The lowest BCUT2D eigenvalue weighted by atomic mass is 9.82. The largest absolute Gasteiger partial charge is 0.376 e. The summed E-state index contributed by atoms with van der Waals surface area (Å²) < 4.78 is 6.02. The molecule has 0 unspecified atom stereocenters. The predicted molar refractivity (Wildman–Crippen MR) is 103 cm³/mol. The smallest absolute Gasteiger partial charge is 0.253 e. The van der Waals surface area contributed by atoms with Crippen molar-refractivity contribution in [2.24, 2.45) is 5.92 Å². The Morgan fingerprint density at radius 1 is 1.19 bits per heavy atom. The maximum atomic E-state index is 12.6. The third-order valence-corrected chi connectivity index (χ3v) is 5.60. The number of pyridine rings is 1. The van der Waals surface area contributed by atoms with E-state index in [0.29, 0.717) is 24.6 Å². The second-order valence-electron chi connectivity index (χ2n) is 7.89. The van der Waals surface area contributed by atoms with Crippen LogP contribution in [0.1, 0.15) is 67.8 Å². The number of amides is 2. The van der Waals surface area contributed by atoms with Gasteiger partial charge in [-0.3, -0.25) is 14.6 Å². The molecule has 0 bridgehead atoms. The molecule has 2 aliphatic carbocycles. The molecule has 1 heterocycles. The number of rotatable bonds is 7. The Hall–Kier alpha value is -1.95. The van der Waals surface area contributed by atoms with Crippen LogP contribution in [0.2, 0.25) is 0 Å². The van der Waals surface area contributed by atoms with Gasteiger partial charge in [0.15, 0.2) is 0 Å². The second kappa shape index (κ2) is 9.31. The molecule has 2 aliphatic rings. The lowest BCUT2D eigenvalue weighted by Crippen LogP contribution is -2.51. The summed E-state index contributed by atoms with van der Waals surface area (Å²) in [4.78, 5) is 29.3. The van der Waals surface area contributed by atoms with Gasteiger partial charge in [0.25, 0.3) is 5.91 Å². The molecular weight excluding hydrogens is 342 g/mol. The van der Waals surface area contributed by atoms with E-state index in [1.54, 1.807) is 12.4 Å². The van der Waals surface area contributed by atoms with E-state index in [4.69, 9.17) is 4.74 Å². The number of aryl methyl sites for hydroxylation is 1. The number of hydrogen-bond donors (Lipinski definition) is 2. The molecule has 2 amide bonds. The SMILES string of the molecule is CCCO[C@@H]1C[C@@H](C(=O)NC2CCC2)CC[C@H]1NC(=O)c1cncc(C)c1. The van der Waals surface area contributed by atoms with Crippen LogP contribution in [0.15, 0.2) is 18.5 Å². The van der Waals surface area contributed by atoms with Crippen LogP contribution in [-0.4, -0.2) is 41.6 Å². The summed E-state index contributed by atoms with van der Waals surface area (Å²) in [7, 11) is 0. The molecular formula is C21H31N3O3. The van der Waals surface area contributed by atoms with E-state index >= 15 is 0 Å². The average Bonchev–Trinajstić information content (AvgIpc) is 2.63. The first-order chi connectivity index (χ1) is 13.1. The van der Waals surface area contributed by atoms with Crippen molar-refractivity contribution in [3.05, 3.63) is 29.6 Å². The Morgan fingerprint density at radius 3 is 2.67 bits per heavy atom. The van der Waals surface area contributed by atoms with Crippen molar-refractivity contribution in [1.82, 2.24) is 15.6 Å². The van der Waals surface area contributed by atoms with Crippen LogP contribution < -0.4 is 10.6 Å². The van der Waals surface area contributed by atoms with Gasteiger partial charge in [-0.15, -0.1) is 0 Å². The van der Waals surface area contributed by atoms with Crippen molar-refractivity contribution in [3.8, 4) is 0 Å². The Bertz CT molecular complexity index is 660. The first-order valence-corrected chi connectivity index (χ1v) is 10.2. The first kappa shape index (κ1) is 19.8.